The molecule has 1 aliphatic heterocycles. The molecule has 1 aliphatic rings. The van der Waals surface area contributed by atoms with E-state index >= 15 is 0 Å². The number of hydrogen-bond acceptors (Lipinski definition) is 5. The maximum Gasteiger partial charge on any atom is 0.336 e. The van der Waals surface area contributed by atoms with Crippen LogP contribution in [0, 0.1) is 5.82 Å². The number of halogens is 1. The van der Waals surface area contributed by atoms with Gasteiger partial charge in [-0.05, 0) is 49.2 Å². The van der Waals surface area contributed by atoms with Gasteiger partial charge in [-0.15, -0.1) is 0 Å². The number of carbonyl (C=O) groups excluding carboxylic acids is 1. The van der Waals surface area contributed by atoms with Crippen LogP contribution in [0.15, 0.2) is 63.8 Å². The number of carbonyl (C=O) groups is 1. The molecule has 7 heteroatoms. The van der Waals surface area contributed by atoms with Crippen molar-refractivity contribution in [3.63, 3.8) is 0 Å². The summed E-state index contributed by atoms with van der Waals surface area (Å²) in [6.07, 6.45) is 0.178. The van der Waals surface area contributed by atoms with Crippen molar-refractivity contribution in [2.75, 3.05) is 26.2 Å². The van der Waals surface area contributed by atoms with Crippen molar-refractivity contribution in [1.82, 2.24) is 9.80 Å². The Labute approximate surface area is 179 Å². The van der Waals surface area contributed by atoms with Crippen molar-refractivity contribution in [3.8, 4) is 5.75 Å². The molecule has 31 heavy (non-hydrogen) atoms. The summed E-state index contributed by atoms with van der Waals surface area (Å²) < 4.78 is 24.5. The molecule has 1 unspecified atom stereocenters. The first kappa shape index (κ1) is 21.1. The van der Waals surface area contributed by atoms with Crippen molar-refractivity contribution < 1.29 is 18.3 Å². The lowest BCUT2D eigenvalue weighted by Crippen LogP contribution is -2.42. The van der Waals surface area contributed by atoms with E-state index in [0.29, 0.717) is 31.0 Å². The highest BCUT2D eigenvalue weighted by molar-refractivity contribution is 5.81. The van der Waals surface area contributed by atoms with E-state index in [9.17, 15) is 14.0 Å². The molecule has 6 nitrogen and oxygen atoms in total. The molecular formula is C24H25FN2O4. The number of benzene rings is 2. The lowest BCUT2D eigenvalue weighted by molar-refractivity contribution is -0.137. The molecule has 0 radical (unpaired) electrons. The topological polar surface area (TPSA) is 63.0 Å². The van der Waals surface area contributed by atoms with E-state index in [1.807, 2.05) is 11.0 Å². The van der Waals surface area contributed by atoms with E-state index in [2.05, 4.69) is 4.90 Å². The van der Waals surface area contributed by atoms with Crippen molar-refractivity contribution >= 4 is 16.9 Å². The van der Waals surface area contributed by atoms with Crippen molar-refractivity contribution in [3.05, 3.63) is 76.4 Å². The zero-order valence-corrected chi connectivity index (χ0v) is 17.4. The number of amides is 1. The van der Waals surface area contributed by atoms with Crippen LogP contribution < -0.4 is 10.4 Å². The molecule has 1 fully saturated rings. The fourth-order valence-corrected chi connectivity index (χ4v) is 3.87. The molecule has 0 spiro atoms. The van der Waals surface area contributed by atoms with Gasteiger partial charge in [-0.2, -0.15) is 0 Å². The lowest BCUT2D eigenvalue weighted by Gasteiger charge is -2.25. The van der Waals surface area contributed by atoms with Gasteiger partial charge in [0.1, 0.15) is 17.1 Å². The van der Waals surface area contributed by atoms with Crippen LogP contribution in [-0.2, 0) is 11.3 Å². The second-order valence-electron chi connectivity index (χ2n) is 7.80. The quantitative estimate of drug-likeness (QED) is 0.587. The Morgan fingerprint density at radius 3 is 2.77 bits per heavy atom. The van der Waals surface area contributed by atoms with Gasteiger partial charge in [-0.3, -0.25) is 9.69 Å². The minimum absolute atomic E-state index is 0.0813. The van der Waals surface area contributed by atoms with E-state index in [1.165, 1.54) is 12.1 Å². The third-order valence-corrected chi connectivity index (χ3v) is 5.45. The largest absolute Gasteiger partial charge is 0.481 e. The van der Waals surface area contributed by atoms with Crippen molar-refractivity contribution in [2.45, 2.75) is 26.0 Å². The Kier molecular flexibility index (Phi) is 6.32. The van der Waals surface area contributed by atoms with Crippen LogP contribution >= 0.6 is 0 Å². The molecule has 0 aliphatic carbocycles. The number of hydrogen-bond donors (Lipinski definition) is 0. The Morgan fingerprint density at radius 2 is 1.94 bits per heavy atom. The van der Waals surface area contributed by atoms with E-state index in [-0.39, 0.29) is 11.7 Å². The van der Waals surface area contributed by atoms with Crippen LogP contribution in [-0.4, -0.2) is 48.0 Å². The standard InChI is InChI=1S/C24H25FN2O4/c1-17(30-21-8-6-19-7-9-23(28)31-22(19)15-21)24(29)27-11-3-10-26(12-13-27)16-18-4-2-5-20(25)14-18/h2,4-9,14-15,17H,3,10-13,16H2,1H3. The molecular weight excluding hydrogens is 399 g/mol. The summed E-state index contributed by atoms with van der Waals surface area (Å²) >= 11 is 0. The van der Waals surface area contributed by atoms with Gasteiger partial charge in [0.05, 0.1) is 0 Å². The number of rotatable bonds is 5. The van der Waals surface area contributed by atoms with Gasteiger partial charge in [0.15, 0.2) is 6.10 Å². The Hall–Kier alpha value is -3.19. The highest BCUT2D eigenvalue weighted by atomic mass is 19.1. The minimum atomic E-state index is -0.664. The van der Waals surface area contributed by atoms with Crippen LogP contribution in [0.4, 0.5) is 4.39 Å². The van der Waals surface area contributed by atoms with Gasteiger partial charge >= 0.3 is 5.63 Å². The Balaban J connectivity index is 1.36. The maximum absolute atomic E-state index is 13.4. The average Bonchev–Trinajstić information content (AvgIpc) is 2.98. The summed E-state index contributed by atoms with van der Waals surface area (Å²) in [5.41, 5.74) is 0.924. The van der Waals surface area contributed by atoms with E-state index in [4.69, 9.17) is 9.15 Å². The van der Waals surface area contributed by atoms with E-state index in [0.717, 1.165) is 30.5 Å². The molecule has 0 saturated carbocycles. The minimum Gasteiger partial charge on any atom is -0.481 e. The van der Waals surface area contributed by atoms with E-state index in [1.54, 1.807) is 43.3 Å². The van der Waals surface area contributed by atoms with Crippen LogP contribution in [0.2, 0.25) is 0 Å². The van der Waals surface area contributed by atoms with Crippen molar-refractivity contribution in [2.24, 2.45) is 0 Å². The summed E-state index contributed by atoms with van der Waals surface area (Å²) in [7, 11) is 0. The third-order valence-electron chi connectivity index (χ3n) is 5.45. The highest BCUT2D eigenvalue weighted by Crippen LogP contribution is 2.21. The van der Waals surface area contributed by atoms with Gasteiger partial charge in [-0.1, -0.05) is 12.1 Å². The van der Waals surface area contributed by atoms with Gasteiger partial charge < -0.3 is 14.1 Å². The first-order chi connectivity index (χ1) is 15.0. The van der Waals surface area contributed by atoms with E-state index < -0.39 is 11.7 Å². The van der Waals surface area contributed by atoms with Gasteiger partial charge in [0.2, 0.25) is 0 Å². The third kappa shape index (κ3) is 5.30. The van der Waals surface area contributed by atoms with Gasteiger partial charge in [0.25, 0.3) is 5.91 Å². The SMILES string of the molecule is CC(Oc1ccc2ccc(=O)oc2c1)C(=O)N1CCCN(Cc2cccc(F)c2)CC1. The van der Waals surface area contributed by atoms with Crippen LogP contribution in [0.5, 0.6) is 5.75 Å². The highest BCUT2D eigenvalue weighted by Gasteiger charge is 2.25. The number of fused-ring (bicyclic) bond motifs is 1. The molecule has 1 atom stereocenters. The summed E-state index contributed by atoms with van der Waals surface area (Å²) in [5.74, 6) is 0.163. The van der Waals surface area contributed by atoms with Crippen LogP contribution in [0.3, 0.4) is 0 Å². The zero-order valence-electron chi connectivity index (χ0n) is 17.4. The molecule has 3 aromatic rings. The molecule has 2 aromatic carbocycles. The first-order valence-electron chi connectivity index (χ1n) is 10.4. The maximum atomic E-state index is 13.4. The predicted molar refractivity (Wildman–Crippen MR) is 115 cm³/mol. The summed E-state index contributed by atoms with van der Waals surface area (Å²) in [6.45, 7) is 5.19. The zero-order chi connectivity index (χ0) is 21.8. The summed E-state index contributed by atoms with van der Waals surface area (Å²) in [6, 6.07) is 14.9. The average molecular weight is 424 g/mol. The van der Waals surface area contributed by atoms with Gasteiger partial charge in [-0.25, -0.2) is 9.18 Å². The van der Waals surface area contributed by atoms with Crippen LogP contribution in [0.25, 0.3) is 11.0 Å². The molecule has 1 amide bonds. The molecule has 0 bridgehead atoms. The second-order valence-corrected chi connectivity index (χ2v) is 7.80. The smallest absolute Gasteiger partial charge is 0.336 e. The Morgan fingerprint density at radius 1 is 1.10 bits per heavy atom. The second kappa shape index (κ2) is 9.31. The molecule has 2 heterocycles. The first-order valence-corrected chi connectivity index (χ1v) is 10.4. The monoisotopic (exact) mass is 424 g/mol. The summed E-state index contributed by atoms with van der Waals surface area (Å²) in [5, 5.41) is 0.789. The fraction of sp³-hybridized carbons (Fsp3) is 0.333. The number of ether oxygens (including phenoxy) is 1. The molecule has 162 valence electrons. The Bertz CT molecular complexity index is 1130. The fourth-order valence-electron chi connectivity index (χ4n) is 3.87. The normalized spacial score (nSPS) is 16.1. The van der Waals surface area contributed by atoms with Crippen LogP contribution in [0.1, 0.15) is 18.9 Å². The molecule has 0 N–H and O–H groups in total. The molecule has 4 rings (SSSR count). The lowest BCUT2D eigenvalue weighted by atomic mass is 10.2. The summed E-state index contributed by atoms with van der Waals surface area (Å²) in [4.78, 5) is 28.4. The van der Waals surface area contributed by atoms with Gasteiger partial charge in [0, 0.05) is 50.2 Å². The molecule has 1 aromatic heterocycles. The number of nitrogens with zero attached hydrogens (tertiary/aromatic N) is 2. The molecule has 1 saturated heterocycles. The van der Waals surface area contributed by atoms with Crippen molar-refractivity contribution in [1.29, 1.82) is 0 Å². The predicted octanol–water partition coefficient (Wildman–Crippen LogP) is 3.43.